The van der Waals surface area contributed by atoms with Crippen molar-refractivity contribution in [3.05, 3.63) is 30.1 Å². The Kier molecular flexibility index (Phi) is 4.22. The molecule has 0 aromatic carbocycles. The average Bonchev–Trinajstić information content (AvgIpc) is 2.40. The maximum atomic E-state index is 12.2. The molecule has 1 aromatic rings. The average molecular weight is 277 g/mol. The first-order chi connectivity index (χ1) is 9.57. The zero-order chi connectivity index (χ0) is 14.6. The predicted molar refractivity (Wildman–Crippen MR) is 73.1 cm³/mol. The maximum Gasteiger partial charge on any atom is 0.329 e. The molecule has 6 heteroatoms. The molecule has 1 heterocycles. The van der Waals surface area contributed by atoms with Crippen molar-refractivity contribution in [3.63, 3.8) is 0 Å². The number of nitrogens with one attached hydrogen (secondary N) is 1. The van der Waals surface area contributed by atoms with Gasteiger partial charge in [-0.2, -0.15) is 0 Å². The Morgan fingerprint density at radius 3 is 2.65 bits per heavy atom. The lowest BCUT2D eigenvalue weighted by atomic mass is 9.77. The number of urea groups is 1. The number of carboxylic acid groups (broad SMARTS) is 1. The summed E-state index contributed by atoms with van der Waals surface area (Å²) < 4.78 is 0. The number of aliphatic carboxylic acids is 1. The third kappa shape index (κ3) is 2.89. The van der Waals surface area contributed by atoms with E-state index in [0.29, 0.717) is 25.9 Å². The minimum Gasteiger partial charge on any atom is -0.480 e. The summed E-state index contributed by atoms with van der Waals surface area (Å²) in [5, 5.41) is 11.9. The molecule has 0 bridgehead atoms. The van der Waals surface area contributed by atoms with Gasteiger partial charge in [0.1, 0.15) is 5.54 Å². The molecule has 1 aliphatic carbocycles. The molecule has 108 valence electrons. The summed E-state index contributed by atoms with van der Waals surface area (Å²) in [4.78, 5) is 29.2. The van der Waals surface area contributed by atoms with Gasteiger partial charge >= 0.3 is 12.0 Å². The van der Waals surface area contributed by atoms with Gasteiger partial charge < -0.3 is 15.3 Å². The van der Waals surface area contributed by atoms with Gasteiger partial charge in [-0.05, 0) is 38.3 Å². The summed E-state index contributed by atoms with van der Waals surface area (Å²) in [5.74, 6) is -0.953. The van der Waals surface area contributed by atoms with Crippen molar-refractivity contribution in [2.24, 2.45) is 0 Å². The first kappa shape index (κ1) is 14.3. The van der Waals surface area contributed by atoms with Crippen molar-refractivity contribution in [2.75, 3.05) is 6.54 Å². The Bertz CT molecular complexity index is 486. The molecular weight excluding hydrogens is 258 g/mol. The van der Waals surface area contributed by atoms with Crippen LogP contribution in [0.15, 0.2) is 24.4 Å². The standard InChI is InChI=1S/C14H19N3O3/c1-2-17(10-11-6-3-4-9-15-11)13(20)16-14(12(18)19)7-5-8-14/h3-4,6,9H,2,5,7-8,10H2,1H3,(H,16,20)(H,18,19). The lowest BCUT2D eigenvalue weighted by Crippen LogP contribution is -2.61. The zero-order valence-electron chi connectivity index (χ0n) is 11.5. The van der Waals surface area contributed by atoms with Crippen molar-refractivity contribution in [1.82, 2.24) is 15.2 Å². The second kappa shape index (κ2) is 5.90. The van der Waals surface area contributed by atoms with Gasteiger partial charge in [0.2, 0.25) is 0 Å². The van der Waals surface area contributed by atoms with E-state index in [1.165, 1.54) is 0 Å². The highest BCUT2D eigenvalue weighted by Crippen LogP contribution is 2.32. The number of carbonyl (C=O) groups is 2. The molecule has 1 aliphatic rings. The van der Waals surface area contributed by atoms with Crippen molar-refractivity contribution in [2.45, 2.75) is 38.3 Å². The quantitative estimate of drug-likeness (QED) is 0.856. The van der Waals surface area contributed by atoms with Crippen LogP contribution in [0.1, 0.15) is 31.9 Å². The van der Waals surface area contributed by atoms with Crippen LogP contribution in [0.2, 0.25) is 0 Å². The molecule has 0 radical (unpaired) electrons. The maximum absolute atomic E-state index is 12.2. The highest BCUT2D eigenvalue weighted by atomic mass is 16.4. The molecule has 0 spiro atoms. The molecule has 0 unspecified atom stereocenters. The molecule has 20 heavy (non-hydrogen) atoms. The third-order valence-corrected chi connectivity index (χ3v) is 3.71. The first-order valence-electron chi connectivity index (χ1n) is 6.78. The van der Waals surface area contributed by atoms with E-state index in [2.05, 4.69) is 10.3 Å². The Morgan fingerprint density at radius 2 is 2.20 bits per heavy atom. The number of carboxylic acids is 1. The molecule has 1 saturated carbocycles. The Hall–Kier alpha value is -2.11. The Labute approximate surface area is 117 Å². The summed E-state index contributed by atoms with van der Waals surface area (Å²) in [6.07, 6.45) is 3.50. The molecule has 2 amide bonds. The van der Waals surface area contributed by atoms with Gasteiger partial charge in [-0.3, -0.25) is 4.98 Å². The monoisotopic (exact) mass is 277 g/mol. The van der Waals surface area contributed by atoms with Crippen molar-refractivity contribution < 1.29 is 14.7 Å². The summed E-state index contributed by atoms with van der Waals surface area (Å²) in [6, 6.07) is 5.17. The molecule has 2 N–H and O–H groups in total. The molecule has 1 aromatic heterocycles. The second-order valence-electron chi connectivity index (χ2n) is 5.01. The molecule has 6 nitrogen and oxygen atoms in total. The van der Waals surface area contributed by atoms with Crippen LogP contribution in [-0.4, -0.2) is 39.1 Å². The number of pyridine rings is 1. The minimum absolute atomic E-state index is 0.347. The summed E-state index contributed by atoms with van der Waals surface area (Å²) in [7, 11) is 0. The zero-order valence-corrected chi connectivity index (χ0v) is 11.5. The highest BCUT2D eigenvalue weighted by molar-refractivity contribution is 5.87. The molecule has 2 rings (SSSR count). The van der Waals surface area contributed by atoms with Crippen LogP contribution >= 0.6 is 0 Å². The van der Waals surface area contributed by atoms with Gasteiger partial charge in [0, 0.05) is 12.7 Å². The molecular formula is C14H19N3O3. The van der Waals surface area contributed by atoms with Crippen LogP contribution in [0.4, 0.5) is 4.79 Å². The third-order valence-electron chi connectivity index (χ3n) is 3.71. The van der Waals surface area contributed by atoms with E-state index in [1.807, 2.05) is 25.1 Å². The summed E-state index contributed by atoms with van der Waals surface area (Å²) in [6.45, 7) is 2.73. The van der Waals surface area contributed by atoms with Crippen molar-refractivity contribution in [3.8, 4) is 0 Å². The molecule has 0 atom stereocenters. The molecule has 1 fully saturated rings. The Morgan fingerprint density at radius 1 is 1.45 bits per heavy atom. The fraction of sp³-hybridized carbons (Fsp3) is 0.500. The number of nitrogens with zero attached hydrogens (tertiary/aromatic N) is 2. The number of rotatable bonds is 5. The van der Waals surface area contributed by atoms with Gasteiger partial charge in [-0.15, -0.1) is 0 Å². The number of hydrogen-bond donors (Lipinski definition) is 2. The minimum atomic E-state index is -1.07. The number of carbonyl (C=O) groups excluding carboxylic acids is 1. The van der Waals surface area contributed by atoms with Crippen LogP contribution in [0, 0.1) is 0 Å². The van der Waals surface area contributed by atoms with E-state index in [9.17, 15) is 14.7 Å². The van der Waals surface area contributed by atoms with Crippen LogP contribution in [0.5, 0.6) is 0 Å². The molecule has 0 saturated heterocycles. The first-order valence-corrected chi connectivity index (χ1v) is 6.78. The number of amides is 2. The SMILES string of the molecule is CCN(Cc1ccccn1)C(=O)NC1(C(=O)O)CCC1. The van der Waals surface area contributed by atoms with E-state index in [-0.39, 0.29) is 6.03 Å². The normalized spacial score (nSPS) is 16.1. The summed E-state index contributed by atoms with van der Waals surface area (Å²) >= 11 is 0. The largest absolute Gasteiger partial charge is 0.480 e. The van der Waals surface area contributed by atoms with Crippen molar-refractivity contribution in [1.29, 1.82) is 0 Å². The molecule has 0 aliphatic heterocycles. The van der Waals surface area contributed by atoms with Gasteiger partial charge in [0.15, 0.2) is 0 Å². The van der Waals surface area contributed by atoms with Gasteiger partial charge in [0.25, 0.3) is 0 Å². The predicted octanol–water partition coefficient (Wildman–Crippen LogP) is 1.62. The van der Waals surface area contributed by atoms with E-state index < -0.39 is 11.5 Å². The van der Waals surface area contributed by atoms with Crippen LogP contribution in [0.3, 0.4) is 0 Å². The fourth-order valence-electron chi connectivity index (χ4n) is 2.22. The lowest BCUT2D eigenvalue weighted by Gasteiger charge is -2.39. The van der Waals surface area contributed by atoms with E-state index >= 15 is 0 Å². The lowest BCUT2D eigenvalue weighted by molar-refractivity contribution is -0.148. The fourth-order valence-corrected chi connectivity index (χ4v) is 2.22. The van der Waals surface area contributed by atoms with Crippen molar-refractivity contribution >= 4 is 12.0 Å². The van der Waals surface area contributed by atoms with E-state index in [4.69, 9.17) is 0 Å². The van der Waals surface area contributed by atoms with Crippen LogP contribution < -0.4 is 5.32 Å². The van der Waals surface area contributed by atoms with Gasteiger partial charge in [0.05, 0.1) is 12.2 Å². The van der Waals surface area contributed by atoms with Gasteiger partial charge in [-0.25, -0.2) is 9.59 Å². The smallest absolute Gasteiger partial charge is 0.329 e. The summed E-state index contributed by atoms with van der Waals surface area (Å²) in [5.41, 5.74) is -0.295. The van der Waals surface area contributed by atoms with Gasteiger partial charge in [-0.1, -0.05) is 6.07 Å². The van der Waals surface area contributed by atoms with Crippen LogP contribution in [0.25, 0.3) is 0 Å². The van der Waals surface area contributed by atoms with Crippen LogP contribution in [-0.2, 0) is 11.3 Å². The highest BCUT2D eigenvalue weighted by Gasteiger charge is 2.46. The topological polar surface area (TPSA) is 82.5 Å². The second-order valence-corrected chi connectivity index (χ2v) is 5.01. The van der Waals surface area contributed by atoms with E-state index in [1.54, 1.807) is 11.1 Å². The Balaban J connectivity index is 2.01. The number of aromatic nitrogens is 1. The van der Waals surface area contributed by atoms with E-state index in [0.717, 1.165) is 12.1 Å². The number of hydrogen-bond acceptors (Lipinski definition) is 3.